The van der Waals surface area contributed by atoms with Crippen LogP contribution in [0.15, 0.2) is 30.5 Å². The zero-order chi connectivity index (χ0) is 14.7. The van der Waals surface area contributed by atoms with E-state index in [-0.39, 0.29) is 5.91 Å². The van der Waals surface area contributed by atoms with Crippen molar-refractivity contribution >= 4 is 22.5 Å². The van der Waals surface area contributed by atoms with Gasteiger partial charge >= 0.3 is 0 Å². The third-order valence-electron chi connectivity index (χ3n) is 3.82. The summed E-state index contributed by atoms with van der Waals surface area (Å²) in [5.74, 6) is 0.0332. The van der Waals surface area contributed by atoms with Gasteiger partial charge in [-0.1, -0.05) is 6.07 Å². The third kappa shape index (κ3) is 3.20. The zero-order valence-corrected chi connectivity index (χ0v) is 12.2. The molecule has 0 saturated carbocycles. The summed E-state index contributed by atoms with van der Waals surface area (Å²) in [6.07, 6.45) is 1.78. The monoisotopic (exact) mass is 284 g/mol. The molecule has 21 heavy (non-hydrogen) atoms. The third-order valence-corrected chi connectivity index (χ3v) is 3.82. The zero-order valence-electron chi connectivity index (χ0n) is 12.2. The van der Waals surface area contributed by atoms with Crippen LogP contribution in [-0.2, 0) is 4.79 Å². The SMILES string of the molecule is Cc1ccc(NC(=O)CN2CCNCC2)c2cccnc12. The molecule has 1 fully saturated rings. The molecular weight excluding hydrogens is 264 g/mol. The summed E-state index contributed by atoms with van der Waals surface area (Å²) in [5.41, 5.74) is 2.90. The summed E-state index contributed by atoms with van der Waals surface area (Å²) >= 11 is 0. The standard InChI is InChI=1S/C16H20N4O/c1-12-4-5-14(13-3-2-6-18-16(12)13)19-15(21)11-20-9-7-17-8-10-20/h2-6,17H,7-11H2,1H3,(H,19,21). The van der Waals surface area contributed by atoms with Crippen molar-refractivity contribution in [1.82, 2.24) is 15.2 Å². The molecule has 2 aromatic rings. The van der Waals surface area contributed by atoms with Crippen LogP contribution in [0.1, 0.15) is 5.56 Å². The summed E-state index contributed by atoms with van der Waals surface area (Å²) < 4.78 is 0. The second kappa shape index (κ2) is 6.20. The number of carbonyl (C=O) groups is 1. The molecule has 1 aromatic carbocycles. The molecule has 0 bridgehead atoms. The van der Waals surface area contributed by atoms with E-state index in [1.807, 2.05) is 31.2 Å². The van der Waals surface area contributed by atoms with Gasteiger partial charge in [-0.15, -0.1) is 0 Å². The summed E-state index contributed by atoms with van der Waals surface area (Å²) in [6, 6.07) is 7.84. The Bertz CT molecular complexity index is 650. The lowest BCUT2D eigenvalue weighted by molar-refractivity contribution is -0.117. The van der Waals surface area contributed by atoms with Crippen LogP contribution in [0.5, 0.6) is 0 Å². The molecule has 0 atom stereocenters. The largest absolute Gasteiger partial charge is 0.324 e. The number of benzene rings is 1. The summed E-state index contributed by atoms with van der Waals surface area (Å²) in [7, 11) is 0. The van der Waals surface area contributed by atoms with Crippen molar-refractivity contribution in [2.45, 2.75) is 6.92 Å². The van der Waals surface area contributed by atoms with Gasteiger partial charge in [0.05, 0.1) is 17.7 Å². The summed E-state index contributed by atoms with van der Waals surface area (Å²) in [5, 5.41) is 7.30. The lowest BCUT2D eigenvalue weighted by atomic mass is 10.1. The van der Waals surface area contributed by atoms with Gasteiger partial charge < -0.3 is 10.6 Å². The Kier molecular flexibility index (Phi) is 4.13. The van der Waals surface area contributed by atoms with Crippen molar-refractivity contribution in [3.8, 4) is 0 Å². The molecule has 1 aromatic heterocycles. The van der Waals surface area contributed by atoms with E-state index in [0.717, 1.165) is 48.3 Å². The Hall–Kier alpha value is -1.98. The van der Waals surface area contributed by atoms with Crippen molar-refractivity contribution < 1.29 is 4.79 Å². The van der Waals surface area contributed by atoms with Crippen molar-refractivity contribution in [1.29, 1.82) is 0 Å². The number of pyridine rings is 1. The molecule has 0 aliphatic carbocycles. The molecule has 0 spiro atoms. The second-order valence-electron chi connectivity index (χ2n) is 5.40. The predicted octanol–water partition coefficient (Wildman–Crippen LogP) is 1.39. The minimum atomic E-state index is 0.0332. The van der Waals surface area contributed by atoms with Gasteiger partial charge in [0, 0.05) is 37.8 Å². The number of nitrogens with one attached hydrogen (secondary N) is 2. The molecule has 1 amide bonds. The van der Waals surface area contributed by atoms with Gasteiger partial charge in [0.15, 0.2) is 0 Å². The maximum Gasteiger partial charge on any atom is 0.238 e. The smallest absolute Gasteiger partial charge is 0.238 e. The van der Waals surface area contributed by atoms with E-state index in [9.17, 15) is 4.79 Å². The van der Waals surface area contributed by atoms with Gasteiger partial charge in [-0.3, -0.25) is 14.7 Å². The van der Waals surface area contributed by atoms with Gasteiger partial charge in [0.2, 0.25) is 5.91 Å². The molecule has 2 heterocycles. The Labute approximate surface area is 124 Å². The first-order chi connectivity index (χ1) is 10.2. The Morgan fingerprint density at radius 3 is 2.95 bits per heavy atom. The molecule has 5 nitrogen and oxygen atoms in total. The number of nitrogens with zero attached hydrogens (tertiary/aromatic N) is 2. The minimum Gasteiger partial charge on any atom is -0.324 e. The highest BCUT2D eigenvalue weighted by molar-refractivity contribution is 6.02. The molecule has 110 valence electrons. The predicted molar refractivity (Wildman–Crippen MR) is 84.4 cm³/mol. The quantitative estimate of drug-likeness (QED) is 0.894. The average molecular weight is 284 g/mol. The number of amides is 1. The average Bonchev–Trinajstić information content (AvgIpc) is 2.51. The van der Waals surface area contributed by atoms with Crippen molar-refractivity contribution in [2.75, 3.05) is 38.0 Å². The number of hydrogen-bond donors (Lipinski definition) is 2. The summed E-state index contributed by atoms with van der Waals surface area (Å²) in [6.45, 7) is 6.21. The van der Waals surface area contributed by atoms with Gasteiger partial charge in [-0.2, -0.15) is 0 Å². The molecular formula is C16H20N4O. The van der Waals surface area contributed by atoms with Crippen LogP contribution in [0.25, 0.3) is 10.9 Å². The number of rotatable bonds is 3. The van der Waals surface area contributed by atoms with Gasteiger partial charge in [-0.05, 0) is 30.7 Å². The van der Waals surface area contributed by atoms with Crippen molar-refractivity contribution in [2.24, 2.45) is 0 Å². The Morgan fingerprint density at radius 1 is 1.33 bits per heavy atom. The molecule has 3 rings (SSSR count). The van der Waals surface area contributed by atoms with Gasteiger partial charge in [-0.25, -0.2) is 0 Å². The maximum absolute atomic E-state index is 12.2. The number of fused-ring (bicyclic) bond motifs is 1. The topological polar surface area (TPSA) is 57.3 Å². The number of anilines is 1. The highest BCUT2D eigenvalue weighted by Crippen LogP contribution is 2.24. The molecule has 5 heteroatoms. The van der Waals surface area contributed by atoms with E-state index in [1.165, 1.54) is 0 Å². The second-order valence-corrected chi connectivity index (χ2v) is 5.40. The molecule has 0 unspecified atom stereocenters. The molecule has 1 saturated heterocycles. The van der Waals surface area contributed by atoms with E-state index >= 15 is 0 Å². The highest BCUT2D eigenvalue weighted by atomic mass is 16.2. The summed E-state index contributed by atoms with van der Waals surface area (Å²) in [4.78, 5) is 18.8. The molecule has 1 aliphatic heterocycles. The lowest BCUT2D eigenvalue weighted by Crippen LogP contribution is -2.46. The van der Waals surface area contributed by atoms with E-state index in [1.54, 1.807) is 6.20 Å². The fourth-order valence-corrected chi connectivity index (χ4v) is 2.69. The van der Waals surface area contributed by atoms with Crippen molar-refractivity contribution in [3.63, 3.8) is 0 Å². The fourth-order valence-electron chi connectivity index (χ4n) is 2.69. The van der Waals surface area contributed by atoms with Crippen LogP contribution in [0.3, 0.4) is 0 Å². The van der Waals surface area contributed by atoms with E-state index in [2.05, 4.69) is 20.5 Å². The van der Waals surface area contributed by atoms with E-state index in [4.69, 9.17) is 0 Å². The van der Waals surface area contributed by atoms with Crippen LogP contribution in [-0.4, -0.2) is 48.5 Å². The minimum absolute atomic E-state index is 0.0332. The van der Waals surface area contributed by atoms with Crippen LogP contribution < -0.4 is 10.6 Å². The highest BCUT2D eigenvalue weighted by Gasteiger charge is 2.14. The van der Waals surface area contributed by atoms with Crippen LogP contribution >= 0.6 is 0 Å². The van der Waals surface area contributed by atoms with E-state index in [0.29, 0.717) is 6.54 Å². The molecule has 1 aliphatic rings. The lowest BCUT2D eigenvalue weighted by Gasteiger charge is -2.26. The first kappa shape index (κ1) is 14.0. The number of carbonyl (C=O) groups excluding carboxylic acids is 1. The molecule has 0 radical (unpaired) electrons. The van der Waals surface area contributed by atoms with Crippen LogP contribution in [0, 0.1) is 6.92 Å². The number of aryl methyl sites for hydroxylation is 1. The van der Waals surface area contributed by atoms with Crippen LogP contribution in [0.4, 0.5) is 5.69 Å². The number of piperazine rings is 1. The Balaban J connectivity index is 1.75. The first-order valence-corrected chi connectivity index (χ1v) is 7.31. The van der Waals surface area contributed by atoms with Gasteiger partial charge in [0.1, 0.15) is 0 Å². The normalized spacial score (nSPS) is 16.0. The molecule has 2 N–H and O–H groups in total. The van der Waals surface area contributed by atoms with Crippen LogP contribution in [0.2, 0.25) is 0 Å². The van der Waals surface area contributed by atoms with Gasteiger partial charge in [0.25, 0.3) is 0 Å². The first-order valence-electron chi connectivity index (χ1n) is 7.31. The number of aromatic nitrogens is 1. The fraction of sp³-hybridized carbons (Fsp3) is 0.375. The number of hydrogen-bond acceptors (Lipinski definition) is 4. The van der Waals surface area contributed by atoms with E-state index < -0.39 is 0 Å². The maximum atomic E-state index is 12.2. The Morgan fingerprint density at radius 2 is 2.14 bits per heavy atom. The van der Waals surface area contributed by atoms with Crippen molar-refractivity contribution in [3.05, 3.63) is 36.0 Å².